The summed E-state index contributed by atoms with van der Waals surface area (Å²) in [6.07, 6.45) is 0.960. The second-order valence-electron chi connectivity index (χ2n) is 8.42. The Balaban J connectivity index is 1.51. The maximum absolute atomic E-state index is 13.5. The number of nitrogens with zero attached hydrogens (tertiary/aromatic N) is 1. The van der Waals surface area contributed by atoms with Crippen LogP contribution in [0.3, 0.4) is 0 Å². The van der Waals surface area contributed by atoms with Crippen LogP contribution < -0.4 is 15.5 Å². The smallest absolute Gasteiger partial charge is 0.407 e. The van der Waals surface area contributed by atoms with E-state index in [2.05, 4.69) is 10.6 Å². The molecule has 0 aliphatic carbocycles. The number of nitrogens with one attached hydrogen (secondary N) is 2. The molecule has 3 aromatic rings. The van der Waals surface area contributed by atoms with Gasteiger partial charge in [-0.2, -0.15) is 0 Å². The van der Waals surface area contributed by atoms with E-state index in [-0.39, 0.29) is 17.9 Å². The fourth-order valence-electron chi connectivity index (χ4n) is 4.31. The number of carbonyl (C=O) groups excluding carboxylic acids is 3. The lowest BCUT2D eigenvalue weighted by molar-refractivity contribution is 0.0985. The Bertz CT molecular complexity index is 1220. The third kappa shape index (κ3) is 5.51. The molecular weight excluding hydrogens is 442 g/mol. The SMILES string of the molecule is CCOC(=O)NC1CCCN(C(=O)c2ccc(NC(=O)c3ccccc3C)cc2)c2ccccc21. The molecule has 4 rings (SSSR count). The van der Waals surface area contributed by atoms with E-state index in [0.29, 0.717) is 36.4 Å². The number of anilines is 2. The van der Waals surface area contributed by atoms with Crippen LogP contribution in [0.25, 0.3) is 0 Å². The van der Waals surface area contributed by atoms with Crippen LogP contribution in [0.5, 0.6) is 0 Å². The Morgan fingerprint density at radius 3 is 2.43 bits per heavy atom. The van der Waals surface area contributed by atoms with E-state index in [4.69, 9.17) is 4.74 Å². The van der Waals surface area contributed by atoms with Crippen molar-refractivity contribution in [2.24, 2.45) is 0 Å². The zero-order chi connectivity index (χ0) is 24.8. The number of carbonyl (C=O) groups is 3. The summed E-state index contributed by atoms with van der Waals surface area (Å²) in [5.74, 6) is -0.324. The van der Waals surface area contributed by atoms with E-state index in [1.807, 2.05) is 49.4 Å². The Labute approximate surface area is 205 Å². The van der Waals surface area contributed by atoms with Crippen molar-refractivity contribution in [3.05, 3.63) is 95.1 Å². The maximum Gasteiger partial charge on any atom is 0.407 e. The van der Waals surface area contributed by atoms with Gasteiger partial charge in [0.1, 0.15) is 0 Å². The average Bonchev–Trinajstić information content (AvgIpc) is 3.04. The minimum absolute atomic E-state index is 0.133. The molecule has 7 heteroatoms. The highest BCUT2D eigenvalue weighted by Gasteiger charge is 2.28. The lowest BCUT2D eigenvalue weighted by Gasteiger charge is -2.24. The molecule has 180 valence electrons. The molecule has 0 spiro atoms. The van der Waals surface area contributed by atoms with Gasteiger partial charge in [0, 0.05) is 29.0 Å². The lowest BCUT2D eigenvalue weighted by Crippen LogP contribution is -2.32. The largest absolute Gasteiger partial charge is 0.450 e. The van der Waals surface area contributed by atoms with Gasteiger partial charge in [0.25, 0.3) is 11.8 Å². The van der Waals surface area contributed by atoms with Crippen LogP contribution >= 0.6 is 0 Å². The van der Waals surface area contributed by atoms with E-state index < -0.39 is 6.09 Å². The molecule has 1 aliphatic rings. The van der Waals surface area contributed by atoms with Gasteiger partial charge in [0.2, 0.25) is 0 Å². The van der Waals surface area contributed by atoms with Gasteiger partial charge >= 0.3 is 6.09 Å². The number of benzene rings is 3. The van der Waals surface area contributed by atoms with Crippen LogP contribution in [0, 0.1) is 6.92 Å². The fourth-order valence-corrected chi connectivity index (χ4v) is 4.31. The number of hydrogen-bond acceptors (Lipinski definition) is 4. The van der Waals surface area contributed by atoms with Gasteiger partial charge in [-0.25, -0.2) is 4.79 Å². The maximum atomic E-state index is 13.5. The second-order valence-corrected chi connectivity index (χ2v) is 8.42. The molecule has 35 heavy (non-hydrogen) atoms. The van der Waals surface area contributed by atoms with Gasteiger partial charge in [-0.1, -0.05) is 36.4 Å². The van der Waals surface area contributed by atoms with Crippen molar-refractivity contribution in [3.63, 3.8) is 0 Å². The highest BCUT2D eigenvalue weighted by atomic mass is 16.5. The molecule has 0 aromatic heterocycles. The first-order valence-electron chi connectivity index (χ1n) is 11.8. The van der Waals surface area contributed by atoms with E-state index >= 15 is 0 Å². The van der Waals surface area contributed by atoms with Crippen molar-refractivity contribution in [2.45, 2.75) is 32.7 Å². The lowest BCUT2D eigenvalue weighted by atomic mass is 10.0. The van der Waals surface area contributed by atoms with Crippen LogP contribution in [-0.4, -0.2) is 31.1 Å². The summed E-state index contributed by atoms with van der Waals surface area (Å²) in [7, 11) is 0. The number of hydrogen-bond donors (Lipinski definition) is 2. The van der Waals surface area contributed by atoms with Crippen LogP contribution in [0.15, 0.2) is 72.8 Å². The normalized spacial score (nSPS) is 14.9. The molecule has 0 bridgehead atoms. The van der Waals surface area contributed by atoms with E-state index in [0.717, 1.165) is 23.2 Å². The molecule has 0 radical (unpaired) electrons. The quantitative estimate of drug-likeness (QED) is 0.516. The van der Waals surface area contributed by atoms with Gasteiger partial charge in [-0.3, -0.25) is 9.59 Å². The first-order chi connectivity index (χ1) is 17.0. The molecule has 3 aromatic carbocycles. The molecule has 2 N–H and O–H groups in total. The molecule has 0 saturated heterocycles. The molecule has 1 aliphatic heterocycles. The van der Waals surface area contributed by atoms with Crippen molar-refractivity contribution in [3.8, 4) is 0 Å². The average molecular weight is 472 g/mol. The Morgan fingerprint density at radius 2 is 1.69 bits per heavy atom. The molecule has 7 nitrogen and oxygen atoms in total. The molecule has 0 saturated carbocycles. The van der Waals surface area contributed by atoms with Gasteiger partial charge in [-0.05, 0) is 74.2 Å². The van der Waals surface area contributed by atoms with Crippen molar-refractivity contribution in [1.29, 1.82) is 0 Å². The Morgan fingerprint density at radius 1 is 0.971 bits per heavy atom. The molecule has 3 amide bonds. The number of para-hydroxylation sites is 1. The topological polar surface area (TPSA) is 87.7 Å². The van der Waals surface area contributed by atoms with E-state index in [1.165, 1.54) is 0 Å². The number of rotatable bonds is 5. The number of amides is 3. The minimum atomic E-state index is -0.463. The van der Waals surface area contributed by atoms with Crippen molar-refractivity contribution in [2.75, 3.05) is 23.4 Å². The predicted octanol–water partition coefficient (Wildman–Crippen LogP) is 5.48. The zero-order valence-corrected chi connectivity index (χ0v) is 19.9. The molecule has 0 fully saturated rings. The second kappa shape index (κ2) is 10.9. The Hall–Kier alpha value is -4.13. The van der Waals surface area contributed by atoms with Gasteiger partial charge in [0.15, 0.2) is 0 Å². The summed E-state index contributed by atoms with van der Waals surface area (Å²) >= 11 is 0. The standard InChI is InChI=1S/C28H29N3O4/c1-3-35-28(34)30-24-12-8-18-31(25-13-7-6-11-23(24)25)27(33)20-14-16-21(17-15-20)29-26(32)22-10-5-4-9-19(22)2/h4-7,9-11,13-17,24H,3,8,12,18H2,1-2H3,(H,29,32)(H,30,34). The first kappa shape index (κ1) is 24.0. The van der Waals surface area contributed by atoms with Gasteiger partial charge < -0.3 is 20.3 Å². The minimum Gasteiger partial charge on any atom is -0.450 e. The van der Waals surface area contributed by atoms with Crippen LogP contribution in [0.4, 0.5) is 16.2 Å². The van der Waals surface area contributed by atoms with Gasteiger partial charge in [0.05, 0.1) is 12.6 Å². The summed E-state index contributed by atoms with van der Waals surface area (Å²) in [5, 5.41) is 5.81. The van der Waals surface area contributed by atoms with Crippen LogP contribution in [0.1, 0.15) is 57.7 Å². The van der Waals surface area contributed by atoms with Gasteiger partial charge in [-0.15, -0.1) is 0 Å². The van der Waals surface area contributed by atoms with Crippen LogP contribution in [0.2, 0.25) is 0 Å². The molecule has 1 atom stereocenters. The number of ether oxygens (including phenoxy) is 1. The fraction of sp³-hybridized carbons (Fsp3) is 0.250. The van der Waals surface area contributed by atoms with Crippen molar-refractivity contribution >= 4 is 29.3 Å². The summed E-state index contributed by atoms with van der Waals surface area (Å²) in [6.45, 7) is 4.48. The number of aryl methyl sites for hydroxylation is 1. The summed E-state index contributed by atoms with van der Waals surface area (Å²) in [4.78, 5) is 39.9. The van der Waals surface area contributed by atoms with E-state index in [1.54, 1.807) is 42.2 Å². The number of fused-ring (bicyclic) bond motifs is 1. The summed E-state index contributed by atoms with van der Waals surface area (Å²) in [5.41, 5.74) is 4.30. The third-order valence-electron chi connectivity index (χ3n) is 6.07. The summed E-state index contributed by atoms with van der Waals surface area (Å²) in [6, 6.07) is 21.7. The highest BCUT2D eigenvalue weighted by molar-refractivity contribution is 6.08. The van der Waals surface area contributed by atoms with Crippen molar-refractivity contribution in [1.82, 2.24) is 5.32 Å². The number of alkyl carbamates (subject to hydrolysis) is 1. The zero-order valence-electron chi connectivity index (χ0n) is 19.9. The van der Waals surface area contributed by atoms with Crippen LogP contribution in [-0.2, 0) is 4.74 Å². The highest BCUT2D eigenvalue weighted by Crippen LogP contribution is 2.34. The molecular formula is C28H29N3O4. The Kier molecular flexibility index (Phi) is 7.45. The van der Waals surface area contributed by atoms with E-state index in [9.17, 15) is 14.4 Å². The third-order valence-corrected chi connectivity index (χ3v) is 6.07. The van der Waals surface area contributed by atoms with Crippen molar-refractivity contribution < 1.29 is 19.1 Å². The monoisotopic (exact) mass is 471 g/mol. The predicted molar refractivity (Wildman–Crippen MR) is 136 cm³/mol. The molecule has 1 unspecified atom stereocenters. The molecule has 1 heterocycles. The first-order valence-corrected chi connectivity index (χ1v) is 11.8. The summed E-state index contributed by atoms with van der Waals surface area (Å²) < 4.78 is 5.06.